The van der Waals surface area contributed by atoms with Crippen LogP contribution in [0.15, 0.2) is 48.5 Å². The van der Waals surface area contributed by atoms with E-state index in [4.69, 9.17) is 21.1 Å². The third-order valence-corrected chi connectivity index (χ3v) is 5.30. The zero-order valence-electron chi connectivity index (χ0n) is 18.1. The minimum absolute atomic E-state index is 0.244. The van der Waals surface area contributed by atoms with Crippen LogP contribution in [0.25, 0.3) is 6.08 Å². The van der Waals surface area contributed by atoms with Crippen LogP contribution in [0.4, 0.5) is 0 Å². The number of nitrogens with one attached hydrogen (secondary N) is 1. The van der Waals surface area contributed by atoms with Gasteiger partial charge in [0.1, 0.15) is 5.15 Å². The van der Waals surface area contributed by atoms with Crippen LogP contribution in [0, 0.1) is 13.8 Å². The summed E-state index contributed by atoms with van der Waals surface area (Å²) in [5.41, 5.74) is 4.62. The van der Waals surface area contributed by atoms with E-state index in [1.807, 2.05) is 32.0 Å². The highest BCUT2D eigenvalue weighted by Gasteiger charge is 2.13. The molecule has 0 atom stereocenters. The molecule has 1 amide bonds. The van der Waals surface area contributed by atoms with Crippen LogP contribution in [0.1, 0.15) is 27.9 Å². The molecule has 3 aromatic rings. The standard InChI is InChI=1S/C24H26ClN3O3/c1-16-8-10-18(11-9-16)15-28-24(25)20(17(2)27-28)12-13-22(29)26-14-19-6-5-7-21(30-3)23(19)31-4/h5-13H,14-15H2,1-4H3,(H,26,29)/b13-12+. The molecule has 1 N–H and O–H groups in total. The second kappa shape index (κ2) is 10.2. The van der Waals surface area contributed by atoms with Crippen molar-refractivity contribution in [1.82, 2.24) is 15.1 Å². The van der Waals surface area contributed by atoms with Gasteiger partial charge in [0, 0.05) is 23.7 Å². The average molecular weight is 440 g/mol. The highest BCUT2D eigenvalue weighted by molar-refractivity contribution is 6.31. The summed E-state index contributed by atoms with van der Waals surface area (Å²) in [4.78, 5) is 12.4. The molecule has 0 saturated carbocycles. The summed E-state index contributed by atoms with van der Waals surface area (Å²) in [6, 6.07) is 13.8. The number of rotatable bonds is 8. The summed E-state index contributed by atoms with van der Waals surface area (Å²) in [6.07, 6.45) is 3.15. The molecule has 162 valence electrons. The molecule has 31 heavy (non-hydrogen) atoms. The third kappa shape index (κ3) is 5.47. The van der Waals surface area contributed by atoms with Gasteiger partial charge >= 0.3 is 0 Å². The van der Waals surface area contributed by atoms with Gasteiger partial charge in [0.05, 0.1) is 26.5 Å². The predicted octanol–water partition coefficient (Wildman–Crippen LogP) is 4.55. The zero-order chi connectivity index (χ0) is 22.4. The van der Waals surface area contributed by atoms with Crippen molar-refractivity contribution in [2.45, 2.75) is 26.9 Å². The Morgan fingerprint density at radius 3 is 2.55 bits per heavy atom. The highest BCUT2D eigenvalue weighted by Crippen LogP contribution is 2.30. The number of hydrogen-bond donors (Lipinski definition) is 1. The maximum atomic E-state index is 12.4. The van der Waals surface area contributed by atoms with Crippen molar-refractivity contribution in [2.24, 2.45) is 0 Å². The molecule has 0 fully saturated rings. The normalized spacial score (nSPS) is 11.0. The maximum Gasteiger partial charge on any atom is 0.244 e. The Hall–Kier alpha value is -3.25. The molecule has 0 radical (unpaired) electrons. The Bertz CT molecular complexity index is 1090. The van der Waals surface area contributed by atoms with Crippen molar-refractivity contribution in [3.8, 4) is 11.5 Å². The smallest absolute Gasteiger partial charge is 0.244 e. The first-order valence-electron chi connectivity index (χ1n) is 9.87. The van der Waals surface area contributed by atoms with E-state index in [0.717, 1.165) is 22.4 Å². The molecule has 0 unspecified atom stereocenters. The van der Waals surface area contributed by atoms with E-state index >= 15 is 0 Å². The summed E-state index contributed by atoms with van der Waals surface area (Å²) in [7, 11) is 3.15. The van der Waals surface area contributed by atoms with Crippen LogP contribution in [0.5, 0.6) is 11.5 Å². The second-order valence-corrected chi connectivity index (χ2v) is 7.49. The van der Waals surface area contributed by atoms with Crippen molar-refractivity contribution in [3.05, 3.63) is 81.6 Å². The van der Waals surface area contributed by atoms with Crippen molar-refractivity contribution in [1.29, 1.82) is 0 Å². The SMILES string of the molecule is COc1cccc(CNC(=O)/C=C/c2c(C)nn(Cc3ccc(C)cc3)c2Cl)c1OC. The van der Waals surface area contributed by atoms with Crippen LogP contribution < -0.4 is 14.8 Å². The molecule has 7 heteroatoms. The van der Waals surface area contributed by atoms with Crippen LogP contribution in [0.3, 0.4) is 0 Å². The fourth-order valence-electron chi connectivity index (χ4n) is 3.22. The van der Waals surface area contributed by atoms with Crippen molar-refractivity contribution < 1.29 is 14.3 Å². The Balaban J connectivity index is 1.67. The van der Waals surface area contributed by atoms with E-state index in [1.54, 1.807) is 25.0 Å². The number of hydrogen-bond acceptors (Lipinski definition) is 4. The first-order chi connectivity index (χ1) is 14.9. The van der Waals surface area contributed by atoms with E-state index in [0.29, 0.717) is 29.7 Å². The Morgan fingerprint density at radius 2 is 1.87 bits per heavy atom. The van der Waals surface area contributed by atoms with Crippen LogP contribution in [0.2, 0.25) is 5.15 Å². The molecule has 2 aromatic carbocycles. The monoisotopic (exact) mass is 439 g/mol. The van der Waals surface area contributed by atoms with E-state index in [9.17, 15) is 4.79 Å². The van der Waals surface area contributed by atoms with Gasteiger partial charge in [-0.2, -0.15) is 5.10 Å². The van der Waals surface area contributed by atoms with Crippen LogP contribution in [-0.2, 0) is 17.9 Å². The van der Waals surface area contributed by atoms with Crippen LogP contribution >= 0.6 is 11.6 Å². The molecule has 1 aromatic heterocycles. The van der Waals surface area contributed by atoms with Crippen molar-refractivity contribution in [3.63, 3.8) is 0 Å². The summed E-state index contributed by atoms with van der Waals surface area (Å²) in [5.74, 6) is 0.977. The van der Waals surface area contributed by atoms with Gasteiger partial charge in [-0.15, -0.1) is 0 Å². The summed E-state index contributed by atoms with van der Waals surface area (Å²) < 4.78 is 12.4. The molecule has 0 aliphatic carbocycles. The summed E-state index contributed by atoms with van der Waals surface area (Å²) in [6.45, 7) is 4.79. The van der Waals surface area contributed by atoms with E-state index in [1.165, 1.54) is 11.6 Å². The number of aryl methyl sites for hydroxylation is 2. The molecule has 0 spiro atoms. The number of methoxy groups -OCH3 is 2. The van der Waals surface area contributed by atoms with Gasteiger partial charge in [0.15, 0.2) is 11.5 Å². The highest BCUT2D eigenvalue weighted by atomic mass is 35.5. The first-order valence-corrected chi connectivity index (χ1v) is 10.2. The van der Waals surface area contributed by atoms with Crippen LogP contribution in [-0.4, -0.2) is 29.9 Å². The van der Waals surface area contributed by atoms with Gasteiger partial charge in [-0.3, -0.25) is 4.79 Å². The number of carbonyl (C=O) groups is 1. The average Bonchev–Trinajstić information content (AvgIpc) is 3.04. The zero-order valence-corrected chi connectivity index (χ0v) is 18.9. The lowest BCUT2D eigenvalue weighted by molar-refractivity contribution is -0.116. The number of para-hydroxylation sites is 1. The molecule has 0 saturated heterocycles. The molecular weight excluding hydrogens is 414 g/mol. The van der Waals surface area contributed by atoms with Gasteiger partial charge in [-0.05, 0) is 31.6 Å². The summed E-state index contributed by atoms with van der Waals surface area (Å²) in [5, 5.41) is 7.86. The molecule has 0 bridgehead atoms. The minimum atomic E-state index is -0.244. The van der Waals surface area contributed by atoms with Gasteiger partial charge in [0.25, 0.3) is 0 Å². The number of ether oxygens (including phenoxy) is 2. The molecule has 1 heterocycles. The lowest BCUT2D eigenvalue weighted by Crippen LogP contribution is -2.20. The number of aromatic nitrogens is 2. The number of halogens is 1. The third-order valence-electron chi connectivity index (χ3n) is 4.90. The topological polar surface area (TPSA) is 65.4 Å². The van der Waals surface area contributed by atoms with Gasteiger partial charge < -0.3 is 14.8 Å². The molecule has 3 rings (SSSR count). The summed E-state index contributed by atoms with van der Waals surface area (Å²) >= 11 is 6.53. The number of benzene rings is 2. The van der Waals surface area contributed by atoms with Gasteiger partial charge in [-0.1, -0.05) is 53.6 Å². The fourth-order valence-corrected chi connectivity index (χ4v) is 3.52. The maximum absolute atomic E-state index is 12.4. The second-order valence-electron chi connectivity index (χ2n) is 7.14. The molecule has 0 aliphatic heterocycles. The lowest BCUT2D eigenvalue weighted by Gasteiger charge is -2.12. The number of nitrogens with zero attached hydrogens (tertiary/aromatic N) is 2. The minimum Gasteiger partial charge on any atom is -0.493 e. The van der Waals surface area contributed by atoms with Gasteiger partial charge in [-0.25, -0.2) is 4.68 Å². The van der Waals surface area contributed by atoms with E-state index < -0.39 is 0 Å². The van der Waals surface area contributed by atoms with E-state index in [-0.39, 0.29) is 5.91 Å². The quantitative estimate of drug-likeness (QED) is 0.523. The Kier molecular flexibility index (Phi) is 7.36. The number of carbonyl (C=O) groups excluding carboxylic acids is 1. The Labute approximate surface area is 187 Å². The number of amides is 1. The molecular formula is C24H26ClN3O3. The van der Waals surface area contributed by atoms with Crippen molar-refractivity contribution >= 4 is 23.6 Å². The van der Waals surface area contributed by atoms with E-state index in [2.05, 4.69) is 34.7 Å². The fraction of sp³-hybridized carbons (Fsp3) is 0.250. The lowest BCUT2D eigenvalue weighted by atomic mass is 10.1. The largest absolute Gasteiger partial charge is 0.493 e. The Morgan fingerprint density at radius 1 is 1.13 bits per heavy atom. The predicted molar refractivity (Wildman–Crippen MR) is 123 cm³/mol. The van der Waals surface area contributed by atoms with Crippen molar-refractivity contribution in [2.75, 3.05) is 14.2 Å². The van der Waals surface area contributed by atoms with Gasteiger partial charge in [0.2, 0.25) is 5.91 Å². The molecule has 6 nitrogen and oxygen atoms in total. The molecule has 0 aliphatic rings. The first kappa shape index (κ1) is 22.4.